The number of hydrogen-bond donors (Lipinski definition) is 1. The van der Waals surface area contributed by atoms with Crippen LogP contribution in [-0.2, 0) is 4.74 Å². The Balaban J connectivity index is 2.36. The summed E-state index contributed by atoms with van der Waals surface area (Å²) >= 11 is 1.13. The van der Waals surface area contributed by atoms with E-state index in [0.29, 0.717) is 11.3 Å². The van der Waals surface area contributed by atoms with Gasteiger partial charge in [0, 0.05) is 0 Å². The summed E-state index contributed by atoms with van der Waals surface area (Å²) in [6, 6.07) is 5.11. The quantitative estimate of drug-likeness (QED) is 0.423. The zero-order valence-electron chi connectivity index (χ0n) is 6.87. The van der Waals surface area contributed by atoms with Gasteiger partial charge in [0.15, 0.2) is 18.0 Å². The van der Waals surface area contributed by atoms with Gasteiger partial charge >= 0.3 is 5.97 Å². The highest BCUT2D eigenvalue weighted by molar-refractivity contribution is 7.96. The number of nitrogens with one attached hydrogen (secondary N) is 1. The number of esters is 1. The molecule has 5 heteroatoms. The summed E-state index contributed by atoms with van der Waals surface area (Å²) in [4.78, 5) is 11.1. The fourth-order valence-corrected chi connectivity index (χ4v) is 1.56. The summed E-state index contributed by atoms with van der Waals surface area (Å²) in [6.07, 6.45) is 0. The lowest BCUT2D eigenvalue weighted by atomic mass is 10.2. The van der Waals surface area contributed by atoms with E-state index < -0.39 is 0 Å². The molecule has 0 fully saturated rings. The molecule has 1 N–H and O–H groups in total. The molecule has 0 radical (unpaired) electrons. The second-order valence-electron chi connectivity index (χ2n) is 2.47. The van der Waals surface area contributed by atoms with Gasteiger partial charge in [-0.25, -0.2) is 4.79 Å². The Morgan fingerprint density at radius 3 is 3.23 bits per heavy atom. The van der Waals surface area contributed by atoms with Gasteiger partial charge in [0.2, 0.25) is 0 Å². The number of methoxy groups -OCH3 is 1. The summed E-state index contributed by atoms with van der Waals surface area (Å²) < 4.78 is 12.6. The molecule has 13 heavy (non-hydrogen) atoms. The second kappa shape index (κ2) is 3.18. The Hall–Kier alpha value is -1.36. The SMILES string of the molecule is COC(=O)c1ccc2c(c1)OSN2. The van der Waals surface area contributed by atoms with E-state index in [1.54, 1.807) is 18.2 Å². The van der Waals surface area contributed by atoms with Crippen LogP contribution in [-0.4, -0.2) is 13.1 Å². The van der Waals surface area contributed by atoms with E-state index in [9.17, 15) is 4.79 Å². The number of rotatable bonds is 1. The van der Waals surface area contributed by atoms with Gasteiger partial charge in [0.25, 0.3) is 0 Å². The van der Waals surface area contributed by atoms with Crippen LogP contribution in [0.1, 0.15) is 10.4 Å². The van der Waals surface area contributed by atoms with E-state index in [2.05, 4.69) is 9.46 Å². The minimum Gasteiger partial charge on any atom is -0.465 e. The highest BCUT2D eigenvalue weighted by Crippen LogP contribution is 2.36. The van der Waals surface area contributed by atoms with E-state index >= 15 is 0 Å². The van der Waals surface area contributed by atoms with Crippen LogP contribution >= 0.6 is 12.2 Å². The van der Waals surface area contributed by atoms with Crippen molar-refractivity contribution in [3.05, 3.63) is 23.8 Å². The van der Waals surface area contributed by atoms with Crippen molar-refractivity contribution >= 4 is 23.9 Å². The van der Waals surface area contributed by atoms with Crippen molar-refractivity contribution in [3.8, 4) is 5.75 Å². The van der Waals surface area contributed by atoms with Crippen LogP contribution in [0.15, 0.2) is 18.2 Å². The number of carbonyl (C=O) groups excluding carboxylic acids is 1. The molecule has 1 aliphatic rings. The molecular formula is C8H7NO3S. The molecule has 0 bridgehead atoms. The van der Waals surface area contributed by atoms with E-state index in [-0.39, 0.29) is 5.97 Å². The van der Waals surface area contributed by atoms with E-state index in [1.807, 2.05) is 0 Å². The highest BCUT2D eigenvalue weighted by Gasteiger charge is 2.15. The lowest BCUT2D eigenvalue weighted by Crippen LogP contribution is -2.00. The largest absolute Gasteiger partial charge is 0.465 e. The van der Waals surface area contributed by atoms with Crippen molar-refractivity contribution in [1.29, 1.82) is 0 Å². The second-order valence-corrected chi connectivity index (χ2v) is 3.01. The maximum atomic E-state index is 11.1. The fourth-order valence-electron chi connectivity index (χ4n) is 1.03. The average molecular weight is 197 g/mol. The molecule has 0 saturated heterocycles. The van der Waals surface area contributed by atoms with Crippen LogP contribution in [0.4, 0.5) is 5.69 Å². The van der Waals surface area contributed by atoms with Crippen molar-refractivity contribution in [2.24, 2.45) is 0 Å². The number of fused-ring (bicyclic) bond motifs is 1. The van der Waals surface area contributed by atoms with E-state index in [0.717, 1.165) is 17.9 Å². The molecule has 0 atom stereocenters. The van der Waals surface area contributed by atoms with Crippen LogP contribution in [0.5, 0.6) is 5.75 Å². The summed E-state index contributed by atoms with van der Waals surface area (Å²) in [5.74, 6) is 0.302. The molecule has 4 nitrogen and oxygen atoms in total. The Labute approximate surface area is 79.6 Å². The van der Waals surface area contributed by atoms with Gasteiger partial charge in [-0.05, 0) is 18.2 Å². The average Bonchev–Trinajstić information content (AvgIpc) is 2.63. The summed E-state index contributed by atoms with van der Waals surface area (Å²) in [6.45, 7) is 0. The van der Waals surface area contributed by atoms with Gasteiger partial charge in [-0.3, -0.25) is 4.72 Å². The Kier molecular flexibility index (Phi) is 2.02. The number of ether oxygens (including phenoxy) is 1. The molecule has 1 aromatic carbocycles. The van der Waals surface area contributed by atoms with Crippen LogP contribution in [0, 0.1) is 0 Å². The third-order valence-electron chi connectivity index (χ3n) is 1.69. The van der Waals surface area contributed by atoms with Crippen molar-refractivity contribution in [2.45, 2.75) is 0 Å². The first-order chi connectivity index (χ1) is 6.31. The predicted octanol–water partition coefficient (Wildman–Crippen LogP) is 1.84. The molecule has 1 heterocycles. The Morgan fingerprint density at radius 2 is 2.46 bits per heavy atom. The van der Waals surface area contributed by atoms with Gasteiger partial charge in [-0.2, -0.15) is 0 Å². The van der Waals surface area contributed by atoms with Crippen molar-refractivity contribution in [2.75, 3.05) is 11.8 Å². The predicted molar refractivity (Wildman–Crippen MR) is 49.6 cm³/mol. The normalized spacial score (nSPS) is 12.7. The van der Waals surface area contributed by atoms with Gasteiger partial charge in [0.05, 0.1) is 18.4 Å². The zero-order chi connectivity index (χ0) is 9.26. The number of benzene rings is 1. The van der Waals surface area contributed by atoms with Gasteiger partial charge in [-0.15, -0.1) is 0 Å². The van der Waals surface area contributed by atoms with Crippen LogP contribution < -0.4 is 8.91 Å². The third kappa shape index (κ3) is 1.42. The topological polar surface area (TPSA) is 47.6 Å². The molecule has 68 valence electrons. The lowest BCUT2D eigenvalue weighted by molar-refractivity contribution is 0.0600. The molecule has 0 aromatic heterocycles. The maximum Gasteiger partial charge on any atom is 0.337 e. The molecule has 2 rings (SSSR count). The monoisotopic (exact) mass is 197 g/mol. The summed E-state index contributed by atoms with van der Waals surface area (Å²) in [5.41, 5.74) is 1.36. The summed E-state index contributed by atoms with van der Waals surface area (Å²) in [7, 11) is 1.35. The van der Waals surface area contributed by atoms with Crippen molar-refractivity contribution in [1.82, 2.24) is 0 Å². The third-order valence-corrected chi connectivity index (χ3v) is 2.25. The Morgan fingerprint density at radius 1 is 1.62 bits per heavy atom. The van der Waals surface area contributed by atoms with Gasteiger partial charge < -0.3 is 8.92 Å². The van der Waals surface area contributed by atoms with Gasteiger partial charge in [0.1, 0.15) is 0 Å². The molecular weight excluding hydrogens is 190 g/mol. The molecule has 0 saturated carbocycles. The maximum absolute atomic E-state index is 11.1. The van der Waals surface area contributed by atoms with E-state index in [4.69, 9.17) is 4.18 Å². The first-order valence-corrected chi connectivity index (χ1v) is 4.37. The fraction of sp³-hybridized carbons (Fsp3) is 0.125. The minimum absolute atomic E-state index is 0.358. The molecule has 0 aliphatic carbocycles. The molecule has 1 aromatic rings. The molecule has 0 amide bonds. The standard InChI is InChI=1S/C8H7NO3S/c1-11-8(10)5-2-3-6-7(4-5)12-13-9-6/h2-4,9H,1H3. The molecule has 0 unspecified atom stereocenters. The first kappa shape index (κ1) is 8.25. The number of anilines is 1. The van der Waals surface area contributed by atoms with Crippen LogP contribution in [0.2, 0.25) is 0 Å². The summed E-state index contributed by atoms with van der Waals surface area (Å²) in [5, 5.41) is 0. The minimum atomic E-state index is -0.358. The number of hydrogen-bond acceptors (Lipinski definition) is 5. The van der Waals surface area contributed by atoms with Crippen molar-refractivity contribution in [3.63, 3.8) is 0 Å². The lowest BCUT2D eigenvalue weighted by Gasteiger charge is -2.00. The smallest absolute Gasteiger partial charge is 0.337 e. The Bertz CT molecular complexity index is 353. The van der Waals surface area contributed by atoms with Crippen molar-refractivity contribution < 1.29 is 13.7 Å². The van der Waals surface area contributed by atoms with Crippen LogP contribution in [0.3, 0.4) is 0 Å². The number of carbonyl (C=O) groups is 1. The highest BCUT2D eigenvalue weighted by atomic mass is 32.2. The molecule has 1 aliphatic heterocycles. The van der Waals surface area contributed by atoms with Gasteiger partial charge in [-0.1, -0.05) is 0 Å². The molecule has 0 spiro atoms. The first-order valence-electron chi connectivity index (χ1n) is 3.63. The van der Waals surface area contributed by atoms with E-state index in [1.165, 1.54) is 7.11 Å². The van der Waals surface area contributed by atoms with Crippen LogP contribution in [0.25, 0.3) is 0 Å². The zero-order valence-corrected chi connectivity index (χ0v) is 7.68.